The third kappa shape index (κ3) is 4.72. The first kappa shape index (κ1) is 19.2. The molecule has 1 aromatic rings. The third-order valence-corrected chi connectivity index (χ3v) is 4.64. The second-order valence-corrected chi connectivity index (χ2v) is 6.24. The van der Waals surface area contributed by atoms with Gasteiger partial charge >= 0.3 is 0 Å². The predicted molar refractivity (Wildman–Crippen MR) is 100 cm³/mol. The summed E-state index contributed by atoms with van der Waals surface area (Å²) in [5, 5.41) is 0. The van der Waals surface area contributed by atoms with E-state index >= 15 is 0 Å². The predicted octanol–water partition coefficient (Wildman–Crippen LogP) is 2.05. The molecular formula is C19H29N3O3. The van der Waals surface area contributed by atoms with Crippen LogP contribution in [0.1, 0.15) is 26.3 Å². The van der Waals surface area contributed by atoms with Crippen LogP contribution in [-0.4, -0.2) is 62.7 Å². The van der Waals surface area contributed by atoms with Gasteiger partial charge in [0.1, 0.15) is 6.54 Å². The summed E-state index contributed by atoms with van der Waals surface area (Å²) in [6, 6.07) is 6.04. The molecule has 0 N–H and O–H groups in total. The Balaban J connectivity index is 2.19. The lowest BCUT2D eigenvalue weighted by Gasteiger charge is -2.30. The third-order valence-electron chi connectivity index (χ3n) is 4.64. The molecule has 25 heavy (non-hydrogen) atoms. The van der Waals surface area contributed by atoms with E-state index in [1.807, 2.05) is 19.1 Å². The van der Waals surface area contributed by atoms with E-state index < -0.39 is 0 Å². The minimum Gasteiger partial charge on any atom is -0.378 e. The maximum atomic E-state index is 12.5. The van der Waals surface area contributed by atoms with Gasteiger partial charge in [0.05, 0.1) is 13.2 Å². The summed E-state index contributed by atoms with van der Waals surface area (Å²) in [5.41, 5.74) is 2.92. The molecule has 1 aliphatic rings. The van der Waals surface area contributed by atoms with E-state index in [-0.39, 0.29) is 18.4 Å². The van der Waals surface area contributed by atoms with Crippen molar-refractivity contribution in [3.05, 3.63) is 23.8 Å². The summed E-state index contributed by atoms with van der Waals surface area (Å²) in [5.74, 6) is -0.161. The zero-order valence-corrected chi connectivity index (χ0v) is 15.7. The molecule has 1 saturated heterocycles. The summed E-state index contributed by atoms with van der Waals surface area (Å²) in [6.45, 7) is 12.0. The summed E-state index contributed by atoms with van der Waals surface area (Å²) >= 11 is 0. The molecule has 2 rings (SSSR count). The first-order valence-corrected chi connectivity index (χ1v) is 8.97. The summed E-state index contributed by atoms with van der Waals surface area (Å²) in [6.07, 6.45) is 0. The highest BCUT2D eigenvalue weighted by Crippen LogP contribution is 2.26. The minimum absolute atomic E-state index is 0.0364. The molecule has 0 atom stereocenters. The van der Waals surface area contributed by atoms with Gasteiger partial charge in [0.25, 0.3) is 0 Å². The molecule has 1 fully saturated rings. The van der Waals surface area contributed by atoms with Crippen molar-refractivity contribution in [3.8, 4) is 0 Å². The van der Waals surface area contributed by atoms with Crippen molar-refractivity contribution >= 4 is 23.2 Å². The lowest BCUT2D eigenvalue weighted by Crippen LogP contribution is -2.47. The minimum atomic E-state index is -0.125. The molecule has 0 aromatic heterocycles. The van der Waals surface area contributed by atoms with E-state index in [0.29, 0.717) is 26.3 Å². The maximum Gasteiger partial charge on any atom is 0.242 e. The fraction of sp³-hybridized carbons (Fsp3) is 0.579. The van der Waals surface area contributed by atoms with Crippen LogP contribution in [0.3, 0.4) is 0 Å². The van der Waals surface area contributed by atoms with Crippen molar-refractivity contribution in [1.29, 1.82) is 0 Å². The Bertz CT molecular complexity index is 608. The van der Waals surface area contributed by atoms with Crippen molar-refractivity contribution < 1.29 is 14.3 Å². The van der Waals surface area contributed by atoms with E-state index in [0.717, 1.165) is 30.0 Å². The fourth-order valence-electron chi connectivity index (χ4n) is 3.14. The SMILES string of the molecule is CCN(CC)c1ccc(N(CC(=O)N2CCOCC2)C(C)=O)c(C)c1. The van der Waals surface area contributed by atoms with Gasteiger partial charge < -0.3 is 19.4 Å². The molecule has 1 heterocycles. The lowest BCUT2D eigenvalue weighted by atomic mass is 10.1. The van der Waals surface area contributed by atoms with Crippen LogP contribution in [0.2, 0.25) is 0 Å². The number of aryl methyl sites for hydroxylation is 1. The van der Waals surface area contributed by atoms with Crippen molar-refractivity contribution in [2.24, 2.45) is 0 Å². The van der Waals surface area contributed by atoms with Gasteiger partial charge in [-0.3, -0.25) is 9.59 Å². The molecule has 0 bridgehead atoms. The molecule has 0 saturated carbocycles. The first-order chi connectivity index (χ1) is 12.0. The number of hydrogen-bond donors (Lipinski definition) is 0. The highest BCUT2D eigenvalue weighted by Gasteiger charge is 2.23. The maximum absolute atomic E-state index is 12.5. The van der Waals surface area contributed by atoms with Crippen molar-refractivity contribution in [3.63, 3.8) is 0 Å². The van der Waals surface area contributed by atoms with Crippen LogP contribution >= 0.6 is 0 Å². The van der Waals surface area contributed by atoms with Crippen LogP contribution in [0.5, 0.6) is 0 Å². The fourth-order valence-corrected chi connectivity index (χ4v) is 3.14. The number of morpholine rings is 1. The zero-order chi connectivity index (χ0) is 18.4. The molecule has 0 aliphatic carbocycles. The van der Waals surface area contributed by atoms with Crippen LogP contribution in [0, 0.1) is 6.92 Å². The molecular weight excluding hydrogens is 318 g/mol. The van der Waals surface area contributed by atoms with Gasteiger partial charge in [-0.1, -0.05) is 0 Å². The Hall–Kier alpha value is -2.08. The van der Waals surface area contributed by atoms with Crippen molar-refractivity contribution in [2.45, 2.75) is 27.7 Å². The average molecular weight is 347 g/mol. The quantitative estimate of drug-likeness (QED) is 0.790. The Labute approximate surface area is 150 Å². The lowest BCUT2D eigenvalue weighted by molar-refractivity contribution is -0.134. The van der Waals surface area contributed by atoms with Gasteiger partial charge in [-0.05, 0) is 44.5 Å². The highest BCUT2D eigenvalue weighted by molar-refractivity contribution is 5.98. The Morgan fingerprint density at radius 1 is 1.16 bits per heavy atom. The number of nitrogens with zero attached hydrogens (tertiary/aromatic N) is 3. The van der Waals surface area contributed by atoms with Crippen molar-refractivity contribution in [1.82, 2.24) is 4.90 Å². The van der Waals surface area contributed by atoms with Gasteiger partial charge in [-0.15, -0.1) is 0 Å². The number of carbonyl (C=O) groups excluding carboxylic acids is 2. The molecule has 6 heteroatoms. The summed E-state index contributed by atoms with van der Waals surface area (Å²) < 4.78 is 5.28. The second-order valence-electron chi connectivity index (χ2n) is 6.24. The topological polar surface area (TPSA) is 53.1 Å². The molecule has 1 aromatic carbocycles. The van der Waals surface area contributed by atoms with Crippen LogP contribution in [0.15, 0.2) is 18.2 Å². The molecule has 0 spiro atoms. The number of hydrogen-bond acceptors (Lipinski definition) is 4. The number of amides is 2. The standard InChI is InChI=1S/C19H29N3O3/c1-5-20(6-2)17-7-8-18(15(3)13-17)22(16(4)23)14-19(24)21-9-11-25-12-10-21/h7-8,13H,5-6,9-12,14H2,1-4H3. The largest absolute Gasteiger partial charge is 0.378 e. The number of anilines is 2. The van der Waals surface area contributed by atoms with Crippen LogP contribution in [0.25, 0.3) is 0 Å². The van der Waals surface area contributed by atoms with Gasteiger partial charge in [-0.2, -0.15) is 0 Å². The summed E-state index contributed by atoms with van der Waals surface area (Å²) in [4.78, 5) is 30.3. The zero-order valence-electron chi connectivity index (χ0n) is 15.7. The molecule has 1 aliphatic heterocycles. The van der Waals surface area contributed by atoms with Crippen LogP contribution in [-0.2, 0) is 14.3 Å². The molecule has 6 nitrogen and oxygen atoms in total. The van der Waals surface area contributed by atoms with E-state index in [2.05, 4.69) is 24.8 Å². The number of carbonyl (C=O) groups is 2. The van der Waals surface area contributed by atoms with Crippen LogP contribution < -0.4 is 9.80 Å². The molecule has 0 unspecified atom stereocenters. The van der Waals surface area contributed by atoms with E-state index in [1.54, 1.807) is 9.80 Å². The average Bonchev–Trinajstić information content (AvgIpc) is 2.61. The van der Waals surface area contributed by atoms with Crippen LogP contribution in [0.4, 0.5) is 11.4 Å². The van der Waals surface area contributed by atoms with Crippen molar-refractivity contribution in [2.75, 3.05) is 55.7 Å². The Morgan fingerprint density at radius 2 is 1.80 bits per heavy atom. The summed E-state index contributed by atoms with van der Waals surface area (Å²) in [7, 11) is 0. The molecule has 2 amide bonds. The van der Waals surface area contributed by atoms with E-state index in [1.165, 1.54) is 6.92 Å². The smallest absolute Gasteiger partial charge is 0.242 e. The van der Waals surface area contributed by atoms with Gasteiger partial charge in [-0.25, -0.2) is 0 Å². The van der Waals surface area contributed by atoms with Gasteiger partial charge in [0.15, 0.2) is 0 Å². The first-order valence-electron chi connectivity index (χ1n) is 8.97. The van der Waals surface area contributed by atoms with E-state index in [9.17, 15) is 9.59 Å². The number of rotatable bonds is 6. The number of ether oxygens (including phenoxy) is 1. The van der Waals surface area contributed by atoms with Gasteiger partial charge in [0.2, 0.25) is 11.8 Å². The highest BCUT2D eigenvalue weighted by atomic mass is 16.5. The second kappa shape index (κ2) is 8.85. The van der Waals surface area contributed by atoms with E-state index in [4.69, 9.17) is 4.74 Å². The molecule has 138 valence electrons. The number of benzene rings is 1. The monoisotopic (exact) mass is 347 g/mol. The normalized spacial score (nSPS) is 14.3. The Morgan fingerprint density at radius 3 is 2.32 bits per heavy atom. The van der Waals surface area contributed by atoms with Gasteiger partial charge in [0, 0.05) is 44.5 Å². The Kier molecular flexibility index (Phi) is 6.82. The molecule has 0 radical (unpaired) electrons.